The zero-order valence-corrected chi connectivity index (χ0v) is 19.6. The summed E-state index contributed by atoms with van der Waals surface area (Å²) < 4.78 is 28.0. The Labute approximate surface area is 190 Å². The van der Waals surface area contributed by atoms with E-state index in [1.165, 1.54) is 4.90 Å². The van der Waals surface area contributed by atoms with Crippen molar-refractivity contribution in [1.82, 2.24) is 4.90 Å². The van der Waals surface area contributed by atoms with Crippen LogP contribution in [0.25, 0.3) is 0 Å². The summed E-state index contributed by atoms with van der Waals surface area (Å²) in [6, 6.07) is 6.62. The molecule has 9 nitrogen and oxygen atoms in total. The molecule has 1 aliphatic heterocycles. The van der Waals surface area contributed by atoms with Crippen LogP contribution in [0.3, 0.4) is 0 Å². The number of benzene rings is 1. The average molecular weight is 453 g/mol. The first-order valence-electron chi connectivity index (χ1n) is 11.1. The number of esters is 1. The van der Waals surface area contributed by atoms with Crippen LogP contribution in [-0.4, -0.2) is 68.3 Å². The van der Waals surface area contributed by atoms with Crippen molar-refractivity contribution >= 4 is 12.1 Å². The standard InChI is InChI=1S/C23H36N2O7/c1-6-28-18-9-7-8-10-19(18)30-14-17-13-25(11-12-29-17)23(27)32-22(16(4)5)31-21(26)20(24)15(2)3/h7-10,15-17,20,22H,6,11-14,24H2,1-5H3/t17-,20-,22?/m1/s1. The monoisotopic (exact) mass is 452 g/mol. The number of nitrogens with zero attached hydrogens (tertiary/aromatic N) is 1. The van der Waals surface area contributed by atoms with Gasteiger partial charge in [0.2, 0.25) is 0 Å². The Kier molecular flexibility index (Phi) is 10.1. The third-order valence-corrected chi connectivity index (χ3v) is 4.95. The quantitative estimate of drug-likeness (QED) is 0.426. The third-order valence-electron chi connectivity index (χ3n) is 4.95. The second kappa shape index (κ2) is 12.5. The number of carbonyl (C=O) groups is 2. The van der Waals surface area contributed by atoms with Gasteiger partial charge in [0.25, 0.3) is 6.29 Å². The molecule has 0 radical (unpaired) electrons. The van der Waals surface area contributed by atoms with E-state index in [0.29, 0.717) is 37.8 Å². The number of ether oxygens (including phenoxy) is 5. The van der Waals surface area contributed by atoms with Crippen molar-refractivity contribution < 1.29 is 33.3 Å². The Hall–Kier alpha value is -2.52. The second-order valence-corrected chi connectivity index (χ2v) is 8.33. The van der Waals surface area contributed by atoms with Crippen molar-refractivity contribution in [1.29, 1.82) is 0 Å². The van der Waals surface area contributed by atoms with Gasteiger partial charge in [-0.2, -0.15) is 0 Å². The Balaban J connectivity index is 1.91. The maximum Gasteiger partial charge on any atom is 0.413 e. The number of rotatable bonds is 10. The Bertz CT molecular complexity index is 741. The number of morpholine rings is 1. The lowest BCUT2D eigenvalue weighted by Crippen LogP contribution is -2.49. The normalized spacial score (nSPS) is 18.2. The molecule has 32 heavy (non-hydrogen) atoms. The molecule has 1 heterocycles. The smallest absolute Gasteiger partial charge is 0.413 e. The predicted molar refractivity (Wildman–Crippen MR) is 118 cm³/mol. The SMILES string of the molecule is CCOc1ccccc1OC[C@H]1CN(C(=O)OC(OC(=O)[C@H](N)C(C)C)C(C)C)CCO1. The van der Waals surface area contributed by atoms with Crippen molar-refractivity contribution in [2.75, 3.05) is 32.9 Å². The van der Waals surface area contributed by atoms with Crippen molar-refractivity contribution in [3.05, 3.63) is 24.3 Å². The topological polar surface area (TPSA) is 110 Å². The number of amides is 1. The molecular formula is C23H36N2O7. The van der Waals surface area contributed by atoms with Crippen molar-refractivity contribution in [2.24, 2.45) is 17.6 Å². The van der Waals surface area contributed by atoms with E-state index >= 15 is 0 Å². The van der Waals surface area contributed by atoms with Gasteiger partial charge in [-0.3, -0.25) is 4.79 Å². The molecule has 2 N–H and O–H groups in total. The van der Waals surface area contributed by atoms with Crippen LogP contribution in [0, 0.1) is 11.8 Å². The van der Waals surface area contributed by atoms with Gasteiger partial charge in [-0.05, 0) is 25.0 Å². The van der Waals surface area contributed by atoms with Gasteiger partial charge in [-0.1, -0.05) is 39.8 Å². The molecule has 1 saturated heterocycles. The molecule has 0 spiro atoms. The number of nitrogens with two attached hydrogens (primary N) is 1. The highest BCUT2D eigenvalue weighted by molar-refractivity contribution is 5.76. The van der Waals surface area contributed by atoms with Crippen LogP contribution in [0.4, 0.5) is 4.79 Å². The first-order valence-corrected chi connectivity index (χ1v) is 11.1. The summed E-state index contributed by atoms with van der Waals surface area (Å²) in [5.41, 5.74) is 5.85. The van der Waals surface area contributed by atoms with Gasteiger partial charge in [-0.25, -0.2) is 4.79 Å². The van der Waals surface area contributed by atoms with E-state index in [1.807, 2.05) is 45.0 Å². The Morgan fingerprint density at radius 3 is 2.34 bits per heavy atom. The van der Waals surface area contributed by atoms with E-state index in [4.69, 9.17) is 29.4 Å². The molecular weight excluding hydrogens is 416 g/mol. The van der Waals surface area contributed by atoms with Crippen LogP contribution in [-0.2, 0) is 19.0 Å². The van der Waals surface area contributed by atoms with E-state index in [9.17, 15) is 9.59 Å². The van der Waals surface area contributed by atoms with Gasteiger partial charge in [0.15, 0.2) is 11.5 Å². The molecule has 1 amide bonds. The molecule has 9 heteroatoms. The van der Waals surface area contributed by atoms with Gasteiger partial charge in [0.05, 0.1) is 19.8 Å². The summed E-state index contributed by atoms with van der Waals surface area (Å²) in [5.74, 6) is 0.373. The first kappa shape index (κ1) is 25.7. The summed E-state index contributed by atoms with van der Waals surface area (Å²) in [6.07, 6.45) is -1.92. The molecule has 2 rings (SSSR count). The third kappa shape index (κ3) is 7.56. The summed E-state index contributed by atoms with van der Waals surface area (Å²) in [4.78, 5) is 26.5. The molecule has 0 aromatic heterocycles. The molecule has 3 atom stereocenters. The van der Waals surface area contributed by atoms with E-state index in [1.54, 1.807) is 13.8 Å². The summed E-state index contributed by atoms with van der Waals surface area (Å²) in [7, 11) is 0. The van der Waals surface area contributed by atoms with E-state index < -0.39 is 24.4 Å². The van der Waals surface area contributed by atoms with Gasteiger partial charge >= 0.3 is 12.1 Å². The Morgan fingerprint density at radius 2 is 1.75 bits per heavy atom. The van der Waals surface area contributed by atoms with E-state index in [0.717, 1.165) is 0 Å². The zero-order valence-electron chi connectivity index (χ0n) is 19.6. The lowest BCUT2D eigenvalue weighted by molar-refractivity contribution is -0.180. The molecule has 0 aliphatic carbocycles. The van der Waals surface area contributed by atoms with Crippen LogP contribution in [0.1, 0.15) is 34.6 Å². The van der Waals surface area contributed by atoms with E-state index in [2.05, 4.69) is 0 Å². The first-order chi connectivity index (χ1) is 15.2. The highest BCUT2D eigenvalue weighted by Crippen LogP contribution is 2.27. The van der Waals surface area contributed by atoms with Crippen molar-refractivity contribution in [2.45, 2.75) is 53.1 Å². The highest BCUT2D eigenvalue weighted by atomic mass is 16.7. The number of hydrogen-bond acceptors (Lipinski definition) is 8. The fourth-order valence-corrected chi connectivity index (χ4v) is 2.95. The highest BCUT2D eigenvalue weighted by Gasteiger charge is 2.31. The zero-order chi connectivity index (χ0) is 23.7. The fraction of sp³-hybridized carbons (Fsp3) is 0.652. The minimum absolute atomic E-state index is 0.0844. The molecule has 1 fully saturated rings. The predicted octanol–water partition coefficient (Wildman–Crippen LogP) is 2.81. The van der Waals surface area contributed by atoms with Crippen molar-refractivity contribution in [3.63, 3.8) is 0 Å². The van der Waals surface area contributed by atoms with Crippen LogP contribution >= 0.6 is 0 Å². The van der Waals surface area contributed by atoms with Crippen molar-refractivity contribution in [3.8, 4) is 11.5 Å². The minimum atomic E-state index is -1.02. The van der Waals surface area contributed by atoms with Gasteiger partial charge in [0, 0.05) is 12.5 Å². The molecule has 1 aromatic carbocycles. The van der Waals surface area contributed by atoms with Gasteiger partial charge < -0.3 is 34.3 Å². The van der Waals surface area contributed by atoms with Crippen LogP contribution in [0.5, 0.6) is 11.5 Å². The molecule has 1 aromatic rings. The van der Waals surface area contributed by atoms with Crippen LogP contribution < -0.4 is 15.2 Å². The average Bonchev–Trinajstić information content (AvgIpc) is 2.77. The molecule has 0 saturated carbocycles. The molecule has 0 bridgehead atoms. The fourth-order valence-electron chi connectivity index (χ4n) is 2.95. The molecule has 180 valence electrons. The van der Waals surface area contributed by atoms with Crippen LogP contribution in [0.15, 0.2) is 24.3 Å². The number of hydrogen-bond donors (Lipinski definition) is 1. The summed E-state index contributed by atoms with van der Waals surface area (Å²) in [5, 5.41) is 0. The lowest BCUT2D eigenvalue weighted by Gasteiger charge is -2.33. The van der Waals surface area contributed by atoms with E-state index in [-0.39, 0.29) is 24.5 Å². The largest absolute Gasteiger partial charge is 0.490 e. The number of carbonyl (C=O) groups excluding carboxylic acids is 2. The molecule has 1 aliphatic rings. The Morgan fingerprint density at radius 1 is 1.09 bits per heavy atom. The summed E-state index contributed by atoms with van der Waals surface area (Å²) in [6.45, 7) is 11.0. The van der Waals surface area contributed by atoms with Gasteiger partial charge in [0.1, 0.15) is 18.8 Å². The van der Waals surface area contributed by atoms with Gasteiger partial charge in [-0.15, -0.1) is 0 Å². The molecule has 1 unspecified atom stereocenters. The maximum absolute atomic E-state index is 12.7. The number of para-hydroxylation sites is 2. The second-order valence-electron chi connectivity index (χ2n) is 8.33. The van der Waals surface area contributed by atoms with Crippen LogP contribution in [0.2, 0.25) is 0 Å². The maximum atomic E-state index is 12.7. The summed E-state index contributed by atoms with van der Waals surface area (Å²) >= 11 is 0. The minimum Gasteiger partial charge on any atom is -0.490 e. The lowest BCUT2D eigenvalue weighted by atomic mass is 10.1.